The highest BCUT2D eigenvalue weighted by Gasteiger charge is 2.16. The normalized spacial score (nSPS) is 12.2. The van der Waals surface area contributed by atoms with E-state index in [-0.39, 0.29) is 10.8 Å². The van der Waals surface area contributed by atoms with Crippen LogP contribution >= 0.6 is 0 Å². The van der Waals surface area contributed by atoms with Gasteiger partial charge in [-0.2, -0.15) is 5.10 Å². The zero-order valence-corrected chi connectivity index (χ0v) is 11.3. The minimum Gasteiger partial charge on any atom is -0.318 e. The second-order valence-corrected chi connectivity index (χ2v) is 6.06. The van der Waals surface area contributed by atoms with Gasteiger partial charge >= 0.3 is 0 Å². The van der Waals surface area contributed by atoms with E-state index in [0.29, 0.717) is 13.1 Å². The monoisotopic (exact) mass is 260 g/mol. The maximum absolute atomic E-state index is 11.8. The molecule has 1 heterocycles. The molecule has 0 radical (unpaired) electrons. The molecule has 0 saturated carbocycles. The predicted molar refractivity (Wildman–Crippen MR) is 66.2 cm³/mol. The van der Waals surface area contributed by atoms with E-state index in [0.717, 1.165) is 6.54 Å². The molecule has 0 aliphatic rings. The molecular weight excluding hydrogens is 240 g/mol. The van der Waals surface area contributed by atoms with E-state index >= 15 is 0 Å². The van der Waals surface area contributed by atoms with Crippen LogP contribution in [-0.2, 0) is 16.6 Å². The number of nitrogens with one attached hydrogen (secondary N) is 2. The van der Waals surface area contributed by atoms with Gasteiger partial charge in [-0.25, -0.2) is 13.1 Å². The van der Waals surface area contributed by atoms with Crippen LogP contribution in [0.25, 0.3) is 0 Å². The second kappa shape index (κ2) is 6.13. The van der Waals surface area contributed by atoms with Crippen molar-refractivity contribution in [2.45, 2.75) is 25.3 Å². The number of aromatic nitrogens is 2. The number of rotatable bonds is 7. The predicted octanol–water partition coefficient (Wildman–Crippen LogP) is 0.0368. The quantitative estimate of drug-likeness (QED) is 0.725. The molecule has 98 valence electrons. The molecule has 0 aromatic carbocycles. The first-order valence-electron chi connectivity index (χ1n) is 5.62. The first kappa shape index (κ1) is 14.1. The van der Waals surface area contributed by atoms with E-state index in [9.17, 15) is 8.42 Å². The van der Waals surface area contributed by atoms with Crippen LogP contribution in [-0.4, -0.2) is 38.3 Å². The standard InChI is InChI=1S/C10H20N4O2S/c1-9(2)6-13-17(15,16)10-7-12-14(8-10)5-4-11-3/h7-9,11,13H,4-6H2,1-3H3. The molecular formula is C10H20N4O2S. The Morgan fingerprint density at radius 1 is 1.47 bits per heavy atom. The van der Waals surface area contributed by atoms with Crippen LogP contribution < -0.4 is 10.0 Å². The first-order valence-corrected chi connectivity index (χ1v) is 7.10. The van der Waals surface area contributed by atoms with Gasteiger partial charge in [0.15, 0.2) is 0 Å². The highest BCUT2D eigenvalue weighted by atomic mass is 32.2. The van der Waals surface area contributed by atoms with Crippen LogP contribution in [0, 0.1) is 5.92 Å². The Morgan fingerprint density at radius 3 is 2.76 bits per heavy atom. The Morgan fingerprint density at radius 2 is 2.18 bits per heavy atom. The van der Waals surface area contributed by atoms with E-state index in [1.54, 1.807) is 10.9 Å². The summed E-state index contributed by atoms with van der Waals surface area (Å²) in [6.07, 6.45) is 2.92. The van der Waals surface area contributed by atoms with Crippen LogP contribution in [0.4, 0.5) is 0 Å². The van der Waals surface area contributed by atoms with Crippen molar-refractivity contribution >= 4 is 10.0 Å². The van der Waals surface area contributed by atoms with Crippen LogP contribution in [0.1, 0.15) is 13.8 Å². The van der Waals surface area contributed by atoms with Gasteiger partial charge in [-0.05, 0) is 13.0 Å². The van der Waals surface area contributed by atoms with Crippen LogP contribution in [0.3, 0.4) is 0 Å². The minimum atomic E-state index is -3.41. The summed E-state index contributed by atoms with van der Waals surface area (Å²) in [7, 11) is -1.57. The van der Waals surface area contributed by atoms with Gasteiger partial charge in [0.25, 0.3) is 0 Å². The lowest BCUT2D eigenvalue weighted by Crippen LogP contribution is -2.27. The first-order chi connectivity index (χ1) is 7.95. The fourth-order valence-electron chi connectivity index (χ4n) is 1.19. The maximum atomic E-state index is 11.8. The minimum absolute atomic E-state index is 0.217. The fourth-order valence-corrected chi connectivity index (χ4v) is 2.36. The van der Waals surface area contributed by atoms with E-state index in [2.05, 4.69) is 15.1 Å². The average molecular weight is 260 g/mol. The van der Waals surface area contributed by atoms with E-state index in [1.165, 1.54) is 6.20 Å². The van der Waals surface area contributed by atoms with Crippen molar-refractivity contribution in [1.82, 2.24) is 19.8 Å². The third kappa shape index (κ3) is 4.45. The highest BCUT2D eigenvalue weighted by Crippen LogP contribution is 2.07. The lowest BCUT2D eigenvalue weighted by atomic mass is 10.2. The Kier molecular flexibility index (Phi) is 5.10. The van der Waals surface area contributed by atoms with Gasteiger partial charge in [0.2, 0.25) is 10.0 Å². The van der Waals surface area contributed by atoms with Crippen molar-refractivity contribution in [2.75, 3.05) is 20.1 Å². The van der Waals surface area contributed by atoms with Crippen molar-refractivity contribution < 1.29 is 8.42 Å². The fraction of sp³-hybridized carbons (Fsp3) is 0.700. The summed E-state index contributed by atoms with van der Waals surface area (Å²) in [6, 6.07) is 0. The largest absolute Gasteiger partial charge is 0.318 e. The Labute approximate surface area is 102 Å². The molecule has 7 heteroatoms. The van der Waals surface area contributed by atoms with Crippen molar-refractivity contribution in [3.8, 4) is 0 Å². The van der Waals surface area contributed by atoms with Gasteiger partial charge in [-0.3, -0.25) is 4.68 Å². The molecule has 0 unspecified atom stereocenters. The summed E-state index contributed by atoms with van der Waals surface area (Å²) >= 11 is 0. The number of sulfonamides is 1. The zero-order valence-electron chi connectivity index (χ0n) is 10.5. The number of nitrogens with zero attached hydrogens (tertiary/aromatic N) is 2. The molecule has 1 aromatic heterocycles. The van der Waals surface area contributed by atoms with Gasteiger partial charge in [0.1, 0.15) is 4.90 Å². The molecule has 0 bridgehead atoms. The molecule has 1 rings (SSSR count). The Bertz CT molecular complexity index is 439. The molecule has 0 aliphatic heterocycles. The summed E-state index contributed by atoms with van der Waals surface area (Å²) in [5, 5.41) is 6.98. The number of likely N-dealkylation sites (N-methyl/N-ethyl adjacent to an activating group) is 1. The van der Waals surface area contributed by atoms with Crippen LogP contribution in [0.2, 0.25) is 0 Å². The van der Waals surface area contributed by atoms with Gasteiger partial charge in [-0.1, -0.05) is 13.8 Å². The lowest BCUT2D eigenvalue weighted by Gasteiger charge is -2.06. The van der Waals surface area contributed by atoms with E-state index < -0.39 is 10.0 Å². The molecule has 0 fully saturated rings. The summed E-state index contributed by atoms with van der Waals surface area (Å²) in [4.78, 5) is 0.217. The average Bonchev–Trinajstić information content (AvgIpc) is 2.73. The van der Waals surface area contributed by atoms with Crippen LogP contribution in [0.5, 0.6) is 0 Å². The SMILES string of the molecule is CNCCn1cc(S(=O)(=O)NCC(C)C)cn1. The van der Waals surface area contributed by atoms with Crippen LogP contribution in [0.15, 0.2) is 17.3 Å². The molecule has 6 nitrogen and oxygen atoms in total. The topological polar surface area (TPSA) is 76.0 Å². The van der Waals surface area contributed by atoms with Gasteiger partial charge < -0.3 is 5.32 Å². The van der Waals surface area contributed by atoms with Crippen molar-refractivity contribution in [1.29, 1.82) is 0 Å². The summed E-state index contributed by atoms with van der Waals surface area (Å²) < 4.78 is 27.8. The van der Waals surface area contributed by atoms with Crippen molar-refractivity contribution in [2.24, 2.45) is 5.92 Å². The third-order valence-corrected chi connectivity index (χ3v) is 3.57. The molecule has 0 atom stereocenters. The van der Waals surface area contributed by atoms with E-state index in [4.69, 9.17) is 0 Å². The summed E-state index contributed by atoms with van der Waals surface area (Å²) in [5.74, 6) is 0.282. The number of hydrogen-bond acceptors (Lipinski definition) is 4. The Balaban J connectivity index is 2.68. The molecule has 0 spiro atoms. The van der Waals surface area contributed by atoms with Crippen molar-refractivity contribution in [3.63, 3.8) is 0 Å². The summed E-state index contributed by atoms with van der Waals surface area (Å²) in [6.45, 7) is 5.75. The highest BCUT2D eigenvalue weighted by molar-refractivity contribution is 7.89. The van der Waals surface area contributed by atoms with Gasteiger partial charge in [0.05, 0.1) is 12.7 Å². The molecule has 0 amide bonds. The lowest BCUT2D eigenvalue weighted by molar-refractivity contribution is 0.559. The zero-order chi connectivity index (χ0) is 12.9. The van der Waals surface area contributed by atoms with Gasteiger partial charge in [0, 0.05) is 19.3 Å². The maximum Gasteiger partial charge on any atom is 0.243 e. The smallest absolute Gasteiger partial charge is 0.243 e. The number of hydrogen-bond donors (Lipinski definition) is 2. The molecule has 0 saturated heterocycles. The Hall–Kier alpha value is -0.920. The van der Waals surface area contributed by atoms with Gasteiger partial charge in [-0.15, -0.1) is 0 Å². The molecule has 2 N–H and O–H groups in total. The van der Waals surface area contributed by atoms with E-state index in [1.807, 2.05) is 20.9 Å². The molecule has 0 aliphatic carbocycles. The molecule has 17 heavy (non-hydrogen) atoms. The van der Waals surface area contributed by atoms with Crippen molar-refractivity contribution in [3.05, 3.63) is 12.4 Å². The second-order valence-electron chi connectivity index (χ2n) is 4.29. The third-order valence-electron chi connectivity index (χ3n) is 2.19. The summed E-state index contributed by atoms with van der Waals surface area (Å²) in [5.41, 5.74) is 0. The molecule has 1 aromatic rings.